The molecular formula is C12H14BrNO3. The highest BCUT2D eigenvalue weighted by Crippen LogP contribution is 2.27. The molecule has 5 heteroatoms. The first-order chi connectivity index (χ1) is 7.99. The third kappa shape index (κ3) is 3.30. The second kappa shape index (κ2) is 5.82. The van der Waals surface area contributed by atoms with E-state index >= 15 is 0 Å². The lowest BCUT2D eigenvalue weighted by Crippen LogP contribution is -2.34. The number of hydrogen-bond donors (Lipinski definition) is 1. The Kier molecular flexibility index (Phi) is 4.69. The smallest absolute Gasteiger partial charge is 0.260 e. The topological polar surface area (TPSA) is 55.4 Å². The lowest BCUT2D eigenvalue weighted by atomic mass is 10.1. The third-order valence-corrected chi connectivity index (χ3v) is 2.76. The number of benzene rings is 1. The molecule has 0 fully saturated rings. The van der Waals surface area contributed by atoms with Gasteiger partial charge >= 0.3 is 0 Å². The summed E-state index contributed by atoms with van der Waals surface area (Å²) in [5, 5.41) is 2.49. The molecule has 1 aromatic rings. The zero-order valence-electron chi connectivity index (χ0n) is 9.91. The molecular weight excluding hydrogens is 286 g/mol. The van der Waals surface area contributed by atoms with Gasteiger partial charge in [-0.3, -0.25) is 9.59 Å². The summed E-state index contributed by atoms with van der Waals surface area (Å²) in [5.74, 6) is 0.212. The number of likely N-dealkylation sites (N-methyl/N-ethyl adjacent to an activating group) is 1. The molecule has 17 heavy (non-hydrogen) atoms. The van der Waals surface area contributed by atoms with Crippen molar-refractivity contribution in [1.82, 2.24) is 5.32 Å². The second-order valence-corrected chi connectivity index (χ2v) is 4.55. The quantitative estimate of drug-likeness (QED) is 0.866. The van der Waals surface area contributed by atoms with Crippen molar-refractivity contribution in [2.75, 3.05) is 7.05 Å². The van der Waals surface area contributed by atoms with Gasteiger partial charge in [0, 0.05) is 11.5 Å². The minimum Gasteiger partial charge on any atom is -0.480 e. The maximum atomic E-state index is 11.4. The summed E-state index contributed by atoms with van der Waals surface area (Å²) in [4.78, 5) is 22.3. The van der Waals surface area contributed by atoms with Crippen molar-refractivity contribution in [1.29, 1.82) is 0 Å². The predicted octanol–water partition coefficient (Wildman–Crippen LogP) is 2.08. The molecule has 0 radical (unpaired) electrons. The van der Waals surface area contributed by atoms with E-state index in [0.717, 1.165) is 10.0 Å². The van der Waals surface area contributed by atoms with Gasteiger partial charge in [0.1, 0.15) is 5.75 Å². The molecule has 1 amide bonds. The minimum atomic E-state index is -0.640. The van der Waals surface area contributed by atoms with Crippen molar-refractivity contribution < 1.29 is 14.3 Å². The fourth-order valence-electron chi connectivity index (χ4n) is 1.44. The van der Waals surface area contributed by atoms with Gasteiger partial charge in [0.15, 0.2) is 12.4 Å². The van der Waals surface area contributed by atoms with E-state index in [1.54, 1.807) is 13.0 Å². The van der Waals surface area contributed by atoms with Crippen LogP contribution in [-0.4, -0.2) is 25.3 Å². The highest BCUT2D eigenvalue weighted by Gasteiger charge is 2.16. The Balaban J connectivity index is 3.05. The molecule has 1 atom stereocenters. The molecule has 0 saturated heterocycles. The van der Waals surface area contributed by atoms with Gasteiger partial charge in [-0.2, -0.15) is 0 Å². The van der Waals surface area contributed by atoms with Crippen LogP contribution in [0.2, 0.25) is 0 Å². The summed E-state index contributed by atoms with van der Waals surface area (Å²) in [6.07, 6.45) is 0.0718. The van der Waals surface area contributed by atoms with Crippen molar-refractivity contribution in [2.24, 2.45) is 0 Å². The summed E-state index contributed by atoms with van der Waals surface area (Å²) >= 11 is 3.30. The Morgan fingerprint density at radius 3 is 2.71 bits per heavy atom. The molecule has 1 unspecified atom stereocenters. The highest BCUT2D eigenvalue weighted by atomic mass is 79.9. The van der Waals surface area contributed by atoms with E-state index in [1.807, 2.05) is 13.0 Å². The summed E-state index contributed by atoms with van der Waals surface area (Å²) in [6.45, 7) is 3.46. The van der Waals surface area contributed by atoms with Crippen LogP contribution in [0.15, 0.2) is 16.6 Å². The van der Waals surface area contributed by atoms with Crippen LogP contribution >= 0.6 is 15.9 Å². The van der Waals surface area contributed by atoms with Crippen molar-refractivity contribution in [3.63, 3.8) is 0 Å². The molecule has 0 aliphatic rings. The largest absolute Gasteiger partial charge is 0.480 e. The highest BCUT2D eigenvalue weighted by molar-refractivity contribution is 9.10. The van der Waals surface area contributed by atoms with Gasteiger partial charge in [-0.05, 0) is 31.5 Å². The molecule has 0 aromatic heterocycles. The van der Waals surface area contributed by atoms with E-state index < -0.39 is 6.10 Å². The Hall–Kier alpha value is -1.36. The number of nitrogens with one attached hydrogen (secondary N) is 1. The number of ether oxygens (including phenoxy) is 1. The molecule has 0 aliphatic heterocycles. The maximum Gasteiger partial charge on any atom is 0.260 e. The molecule has 4 nitrogen and oxygen atoms in total. The van der Waals surface area contributed by atoms with Crippen LogP contribution in [0.4, 0.5) is 0 Å². The zero-order chi connectivity index (χ0) is 13.0. The summed E-state index contributed by atoms with van der Waals surface area (Å²) in [6, 6.07) is 3.49. The van der Waals surface area contributed by atoms with Crippen LogP contribution in [0.5, 0.6) is 5.75 Å². The summed E-state index contributed by atoms with van der Waals surface area (Å²) in [5.41, 5.74) is 1.23. The number of rotatable bonds is 4. The normalized spacial score (nSPS) is 11.8. The summed E-state index contributed by atoms with van der Waals surface area (Å²) in [7, 11) is 1.54. The lowest BCUT2D eigenvalue weighted by molar-refractivity contribution is -0.126. The van der Waals surface area contributed by atoms with E-state index in [9.17, 15) is 9.59 Å². The van der Waals surface area contributed by atoms with Crippen LogP contribution in [0.3, 0.4) is 0 Å². The Morgan fingerprint density at radius 1 is 1.53 bits per heavy atom. The SMILES string of the molecule is CNC(=O)C(C)Oc1c(C)cc(Br)cc1C=O. The average molecular weight is 300 g/mol. The molecule has 0 saturated carbocycles. The van der Waals surface area contributed by atoms with Gasteiger partial charge in [-0.25, -0.2) is 0 Å². The maximum absolute atomic E-state index is 11.4. The zero-order valence-corrected chi connectivity index (χ0v) is 11.5. The van der Waals surface area contributed by atoms with E-state index in [1.165, 1.54) is 7.05 Å². The van der Waals surface area contributed by atoms with Gasteiger partial charge in [0.25, 0.3) is 5.91 Å². The van der Waals surface area contributed by atoms with Crippen molar-refractivity contribution in [3.05, 3.63) is 27.7 Å². The first-order valence-electron chi connectivity index (χ1n) is 5.13. The fourth-order valence-corrected chi connectivity index (χ4v) is 2.03. The van der Waals surface area contributed by atoms with E-state index in [2.05, 4.69) is 21.2 Å². The predicted molar refractivity (Wildman–Crippen MR) is 68.4 cm³/mol. The number of carbonyl (C=O) groups is 2. The summed E-state index contributed by atoms with van der Waals surface area (Å²) < 4.78 is 6.31. The van der Waals surface area contributed by atoms with E-state index in [0.29, 0.717) is 17.6 Å². The number of aryl methyl sites for hydroxylation is 1. The first-order valence-corrected chi connectivity index (χ1v) is 5.92. The van der Waals surface area contributed by atoms with Crippen LogP contribution in [0.1, 0.15) is 22.8 Å². The van der Waals surface area contributed by atoms with Gasteiger partial charge < -0.3 is 10.1 Å². The Morgan fingerprint density at radius 2 is 2.18 bits per heavy atom. The average Bonchev–Trinajstić information content (AvgIpc) is 2.30. The van der Waals surface area contributed by atoms with Gasteiger partial charge in [0.2, 0.25) is 0 Å². The van der Waals surface area contributed by atoms with Gasteiger partial charge in [-0.1, -0.05) is 15.9 Å². The molecule has 1 aromatic carbocycles. The first kappa shape index (κ1) is 13.7. The van der Waals surface area contributed by atoms with Crippen LogP contribution in [0, 0.1) is 6.92 Å². The van der Waals surface area contributed by atoms with E-state index in [4.69, 9.17) is 4.74 Å². The number of aldehydes is 1. The fraction of sp³-hybridized carbons (Fsp3) is 0.333. The van der Waals surface area contributed by atoms with Crippen LogP contribution in [-0.2, 0) is 4.79 Å². The lowest BCUT2D eigenvalue weighted by Gasteiger charge is -2.16. The minimum absolute atomic E-state index is 0.232. The number of carbonyl (C=O) groups excluding carboxylic acids is 2. The van der Waals surface area contributed by atoms with Gasteiger partial charge in [-0.15, -0.1) is 0 Å². The molecule has 92 valence electrons. The Labute approximate surface area is 108 Å². The van der Waals surface area contributed by atoms with Gasteiger partial charge in [0.05, 0.1) is 5.56 Å². The molecule has 1 N–H and O–H groups in total. The molecule has 0 spiro atoms. The van der Waals surface area contributed by atoms with Crippen molar-refractivity contribution >= 4 is 28.1 Å². The molecule has 0 bridgehead atoms. The molecule has 1 rings (SSSR count). The van der Waals surface area contributed by atoms with Crippen LogP contribution < -0.4 is 10.1 Å². The standard InChI is InChI=1S/C12H14BrNO3/c1-7-4-10(13)5-9(6-15)11(7)17-8(2)12(16)14-3/h4-6,8H,1-3H3,(H,14,16). The Bertz CT molecular complexity index is 446. The van der Waals surface area contributed by atoms with E-state index in [-0.39, 0.29) is 5.91 Å². The molecule has 0 aliphatic carbocycles. The van der Waals surface area contributed by atoms with Crippen molar-refractivity contribution in [3.8, 4) is 5.75 Å². The monoisotopic (exact) mass is 299 g/mol. The number of amides is 1. The number of halogens is 1. The van der Waals surface area contributed by atoms with Crippen molar-refractivity contribution in [2.45, 2.75) is 20.0 Å². The van der Waals surface area contributed by atoms with Crippen LogP contribution in [0.25, 0.3) is 0 Å². The number of hydrogen-bond acceptors (Lipinski definition) is 3. The third-order valence-electron chi connectivity index (χ3n) is 2.31. The molecule has 0 heterocycles. The second-order valence-electron chi connectivity index (χ2n) is 3.63.